The van der Waals surface area contributed by atoms with Crippen LogP contribution in [0.4, 0.5) is 0 Å². The van der Waals surface area contributed by atoms with Crippen LogP contribution in [0, 0.1) is 13.8 Å². The Morgan fingerprint density at radius 3 is 2.32 bits per heavy atom. The standard InChI is InChI=1S/C21H31N3O4/c1-15-4-5-18(16(2)14-15)28-17(3)19(25)23-8-10-24(11-9-23)20(26)21(22)6-12-27-13-7-21/h4-5,14,17H,6-13,22H2,1-3H3. The van der Waals surface area contributed by atoms with Crippen LogP contribution in [0.5, 0.6) is 5.75 Å². The normalized spacial score (nSPS) is 20.6. The van der Waals surface area contributed by atoms with Crippen molar-refractivity contribution in [1.82, 2.24) is 9.80 Å². The van der Waals surface area contributed by atoms with Crippen LogP contribution >= 0.6 is 0 Å². The van der Waals surface area contributed by atoms with Crippen molar-refractivity contribution < 1.29 is 19.1 Å². The molecule has 2 amide bonds. The number of amides is 2. The van der Waals surface area contributed by atoms with E-state index in [-0.39, 0.29) is 11.8 Å². The molecule has 0 saturated carbocycles. The predicted octanol–water partition coefficient (Wildman–Crippen LogP) is 1.25. The van der Waals surface area contributed by atoms with Crippen molar-refractivity contribution in [3.63, 3.8) is 0 Å². The van der Waals surface area contributed by atoms with Crippen molar-refractivity contribution in [2.24, 2.45) is 5.73 Å². The van der Waals surface area contributed by atoms with E-state index in [1.54, 1.807) is 16.7 Å². The Labute approximate surface area is 166 Å². The first-order chi connectivity index (χ1) is 13.3. The fourth-order valence-corrected chi connectivity index (χ4v) is 3.82. The van der Waals surface area contributed by atoms with E-state index < -0.39 is 11.6 Å². The number of nitrogens with zero attached hydrogens (tertiary/aromatic N) is 2. The first kappa shape index (κ1) is 20.6. The summed E-state index contributed by atoms with van der Waals surface area (Å²) < 4.78 is 11.2. The van der Waals surface area contributed by atoms with Gasteiger partial charge in [0.15, 0.2) is 6.10 Å². The quantitative estimate of drug-likeness (QED) is 0.838. The van der Waals surface area contributed by atoms with Gasteiger partial charge in [0.25, 0.3) is 5.91 Å². The molecule has 154 valence electrons. The van der Waals surface area contributed by atoms with E-state index >= 15 is 0 Å². The molecule has 2 aliphatic rings. The van der Waals surface area contributed by atoms with Crippen LogP contribution in [0.3, 0.4) is 0 Å². The molecule has 28 heavy (non-hydrogen) atoms. The van der Waals surface area contributed by atoms with Crippen LogP contribution in [0.15, 0.2) is 18.2 Å². The molecule has 2 heterocycles. The van der Waals surface area contributed by atoms with E-state index in [0.29, 0.717) is 52.2 Å². The van der Waals surface area contributed by atoms with Crippen LogP contribution < -0.4 is 10.5 Å². The summed E-state index contributed by atoms with van der Waals surface area (Å²) in [5.41, 5.74) is 7.66. The van der Waals surface area contributed by atoms with Crippen molar-refractivity contribution in [2.75, 3.05) is 39.4 Å². The monoisotopic (exact) mass is 389 g/mol. The molecule has 0 radical (unpaired) electrons. The Hall–Kier alpha value is -2.12. The molecule has 2 aliphatic heterocycles. The first-order valence-electron chi connectivity index (χ1n) is 9.99. The minimum absolute atomic E-state index is 0.0255. The highest BCUT2D eigenvalue weighted by Gasteiger charge is 2.40. The summed E-state index contributed by atoms with van der Waals surface area (Å²) in [6.07, 6.45) is 0.525. The summed E-state index contributed by atoms with van der Waals surface area (Å²) in [6, 6.07) is 5.92. The summed E-state index contributed by atoms with van der Waals surface area (Å²) in [7, 11) is 0. The number of hydrogen-bond acceptors (Lipinski definition) is 5. The lowest BCUT2D eigenvalue weighted by Gasteiger charge is -2.41. The van der Waals surface area contributed by atoms with E-state index in [1.165, 1.54) is 0 Å². The van der Waals surface area contributed by atoms with Gasteiger partial charge in [0.05, 0.1) is 5.54 Å². The molecule has 1 aromatic carbocycles. The zero-order chi connectivity index (χ0) is 20.3. The third-order valence-electron chi connectivity index (χ3n) is 5.67. The van der Waals surface area contributed by atoms with Crippen molar-refractivity contribution in [2.45, 2.75) is 45.3 Å². The second kappa shape index (κ2) is 8.49. The third kappa shape index (κ3) is 4.47. The SMILES string of the molecule is Cc1ccc(OC(C)C(=O)N2CCN(C(=O)C3(N)CCOCC3)CC2)c(C)c1. The van der Waals surface area contributed by atoms with Crippen molar-refractivity contribution in [3.05, 3.63) is 29.3 Å². The number of carbonyl (C=O) groups excluding carboxylic acids is 2. The molecule has 1 atom stereocenters. The number of hydrogen-bond donors (Lipinski definition) is 1. The second-order valence-corrected chi connectivity index (χ2v) is 7.92. The number of rotatable bonds is 4. The minimum Gasteiger partial charge on any atom is -0.481 e. The van der Waals surface area contributed by atoms with Gasteiger partial charge in [-0.15, -0.1) is 0 Å². The van der Waals surface area contributed by atoms with Gasteiger partial charge in [-0.3, -0.25) is 9.59 Å². The number of ether oxygens (including phenoxy) is 2. The lowest BCUT2D eigenvalue weighted by molar-refractivity contribution is -0.147. The Morgan fingerprint density at radius 2 is 1.71 bits per heavy atom. The van der Waals surface area contributed by atoms with Gasteiger partial charge in [0.1, 0.15) is 5.75 Å². The summed E-state index contributed by atoms with van der Waals surface area (Å²) in [5, 5.41) is 0. The molecule has 3 rings (SSSR count). The van der Waals surface area contributed by atoms with Gasteiger partial charge in [-0.05, 0) is 45.2 Å². The average Bonchev–Trinajstić information content (AvgIpc) is 2.69. The molecule has 2 fully saturated rings. The van der Waals surface area contributed by atoms with Gasteiger partial charge >= 0.3 is 0 Å². The third-order valence-corrected chi connectivity index (χ3v) is 5.67. The van der Waals surface area contributed by atoms with Crippen molar-refractivity contribution in [1.29, 1.82) is 0 Å². The van der Waals surface area contributed by atoms with Crippen LogP contribution in [-0.2, 0) is 14.3 Å². The smallest absolute Gasteiger partial charge is 0.263 e. The Morgan fingerprint density at radius 1 is 1.11 bits per heavy atom. The molecule has 2 N–H and O–H groups in total. The maximum atomic E-state index is 12.8. The molecular weight excluding hydrogens is 358 g/mol. The highest BCUT2D eigenvalue weighted by atomic mass is 16.5. The number of nitrogens with two attached hydrogens (primary N) is 1. The van der Waals surface area contributed by atoms with Crippen LogP contribution in [0.25, 0.3) is 0 Å². The molecular formula is C21H31N3O4. The fraction of sp³-hybridized carbons (Fsp3) is 0.619. The molecule has 0 spiro atoms. The topological polar surface area (TPSA) is 85.1 Å². The number of carbonyl (C=O) groups is 2. The molecule has 2 saturated heterocycles. The van der Waals surface area contributed by atoms with Gasteiger partial charge in [-0.25, -0.2) is 0 Å². The average molecular weight is 389 g/mol. The summed E-state index contributed by atoms with van der Waals surface area (Å²) in [4.78, 5) is 29.1. The van der Waals surface area contributed by atoms with Crippen molar-refractivity contribution >= 4 is 11.8 Å². The van der Waals surface area contributed by atoms with Gasteiger partial charge < -0.3 is 25.0 Å². The Bertz CT molecular complexity index is 722. The zero-order valence-corrected chi connectivity index (χ0v) is 17.1. The predicted molar refractivity (Wildman–Crippen MR) is 106 cm³/mol. The lowest BCUT2D eigenvalue weighted by atomic mass is 9.89. The van der Waals surface area contributed by atoms with Gasteiger partial charge in [-0.1, -0.05) is 17.7 Å². The molecule has 7 heteroatoms. The summed E-state index contributed by atoms with van der Waals surface area (Å²) >= 11 is 0. The van der Waals surface area contributed by atoms with E-state index in [2.05, 4.69) is 0 Å². The van der Waals surface area contributed by atoms with Crippen LogP contribution in [0.1, 0.15) is 30.9 Å². The fourth-order valence-electron chi connectivity index (χ4n) is 3.82. The minimum atomic E-state index is -0.830. The van der Waals surface area contributed by atoms with Gasteiger partial charge in [0.2, 0.25) is 5.91 Å². The zero-order valence-electron chi connectivity index (χ0n) is 17.1. The number of aryl methyl sites for hydroxylation is 2. The highest BCUT2D eigenvalue weighted by molar-refractivity contribution is 5.87. The number of piperazine rings is 1. The maximum absolute atomic E-state index is 12.8. The van der Waals surface area contributed by atoms with E-state index in [9.17, 15) is 9.59 Å². The maximum Gasteiger partial charge on any atom is 0.263 e. The van der Waals surface area contributed by atoms with Gasteiger partial charge in [0, 0.05) is 39.4 Å². The van der Waals surface area contributed by atoms with Crippen LogP contribution in [0.2, 0.25) is 0 Å². The number of benzene rings is 1. The molecule has 1 unspecified atom stereocenters. The molecule has 0 aliphatic carbocycles. The Balaban J connectivity index is 1.53. The van der Waals surface area contributed by atoms with Crippen molar-refractivity contribution in [3.8, 4) is 5.75 Å². The Kier molecular flexibility index (Phi) is 6.25. The molecule has 7 nitrogen and oxygen atoms in total. The van der Waals surface area contributed by atoms with Gasteiger partial charge in [-0.2, -0.15) is 0 Å². The summed E-state index contributed by atoms with van der Waals surface area (Å²) in [5.74, 6) is 0.646. The molecule has 1 aromatic rings. The van der Waals surface area contributed by atoms with E-state index in [1.807, 2.05) is 32.0 Å². The van der Waals surface area contributed by atoms with E-state index in [0.717, 1.165) is 16.9 Å². The lowest BCUT2D eigenvalue weighted by Crippen LogP contribution is -2.62. The molecule has 0 bridgehead atoms. The highest BCUT2D eigenvalue weighted by Crippen LogP contribution is 2.23. The first-order valence-corrected chi connectivity index (χ1v) is 9.99. The largest absolute Gasteiger partial charge is 0.481 e. The van der Waals surface area contributed by atoms with Crippen LogP contribution in [-0.4, -0.2) is 72.6 Å². The summed E-state index contributed by atoms with van der Waals surface area (Å²) in [6.45, 7) is 8.82. The van der Waals surface area contributed by atoms with E-state index in [4.69, 9.17) is 15.2 Å². The second-order valence-electron chi connectivity index (χ2n) is 7.92. The molecule has 0 aromatic heterocycles.